The van der Waals surface area contributed by atoms with E-state index in [2.05, 4.69) is 4.90 Å². The van der Waals surface area contributed by atoms with Gasteiger partial charge in [-0.2, -0.15) is 0 Å². The van der Waals surface area contributed by atoms with E-state index in [9.17, 15) is 5.11 Å². The van der Waals surface area contributed by atoms with Gasteiger partial charge in [-0.05, 0) is 57.2 Å². The van der Waals surface area contributed by atoms with Crippen LogP contribution in [0, 0.1) is 0 Å². The van der Waals surface area contributed by atoms with E-state index in [4.69, 9.17) is 5.11 Å². The molecule has 2 unspecified atom stereocenters. The van der Waals surface area contributed by atoms with Gasteiger partial charge in [0.25, 0.3) is 0 Å². The molecule has 1 aromatic carbocycles. The van der Waals surface area contributed by atoms with E-state index in [0.717, 1.165) is 44.3 Å². The Morgan fingerprint density at radius 3 is 2.70 bits per heavy atom. The fraction of sp³-hybridized carbons (Fsp3) is 0.647. The van der Waals surface area contributed by atoms with Crippen molar-refractivity contribution in [3.05, 3.63) is 35.9 Å². The smallest absolute Gasteiger partial charge is 0.0805 e. The van der Waals surface area contributed by atoms with Gasteiger partial charge in [0.15, 0.2) is 0 Å². The minimum absolute atomic E-state index is 0.302. The van der Waals surface area contributed by atoms with E-state index < -0.39 is 0 Å². The molecular weight excluding hydrogens is 250 g/mol. The summed E-state index contributed by atoms with van der Waals surface area (Å²) in [5, 5.41) is 19.2. The predicted molar refractivity (Wildman–Crippen MR) is 81.6 cm³/mol. The molecule has 20 heavy (non-hydrogen) atoms. The molecule has 0 aromatic heterocycles. The third kappa shape index (κ3) is 4.58. The van der Waals surface area contributed by atoms with Crippen molar-refractivity contribution in [3.63, 3.8) is 0 Å². The lowest BCUT2D eigenvalue weighted by Gasteiger charge is -2.26. The van der Waals surface area contributed by atoms with Crippen molar-refractivity contribution in [1.29, 1.82) is 0 Å². The quantitative estimate of drug-likeness (QED) is 0.718. The number of aliphatic hydroxyl groups excluding tert-OH is 2. The summed E-state index contributed by atoms with van der Waals surface area (Å²) in [5.74, 6) is 0. The highest BCUT2D eigenvalue weighted by Gasteiger charge is 2.26. The number of likely N-dealkylation sites (tertiary alicyclic amines) is 1. The second-order valence-electron chi connectivity index (χ2n) is 5.78. The number of hydrogen-bond acceptors (Lipinski definition) is 3. The maximum atomic E-state index is 10.3. The first-order valence-corrected chi connectivity index (χ1v) is 7.89. The third-order valence-electron chi connectivity index (χ3n) is 4.28. The number of unbranched alkanes of at least 4 members (excludes halogenated alkanes) is 2. The van der Waals surface area contributed by atoms with E-state index in [1.807, 2.05) is 30.3 Å². The van der Waals surface area contributed by atoms with Crippen LogP contribution in [0.3, 0.4) is 0 Å². The molecule has 0 spiro atoms. The normalized spacial score (nSPS) is 21.2. The Morgan fingerprint density at radius 2 is 1.95 bits per heavy atom. The van der Waals surface area contributed by atoms with Gasteiger partial charge < -0.3 is 15.1 Å². The maximum absolute atomic E-state index is 10.3. The molecule has 0 aliphatic carbocycles. The molecule has 1 fully saturated rings. The monoisotopic (exact) mass is 277 g/mol. The van der Waals surface area contributed by atoms with Crippen molar-refractivity contribution in [2.24, 2.45) is 0 Å². The molecule has 0 amide bonds. The molecule has 1 heterocycles. The van der Waals surface area contributed by atoms with Gasteiger partial charge in [0, 0.05) is 12.6 Å². The van der Waals surface area contributed by atoms with Crippen LogP contribution in [0.15, 0.2) is 30.3 Å². The van der Waals surface area contributed by atoms with Crippen molar-refractivity contribution in [1.82, 2.24) is 4.90 Å². The minimum Gasteiger partial charge on any atom is -0.396 e. The number of hydrogen-bond donors (Lipinski definition) is 2. The lowest BCUT2D eigenvalue weighted by Crippen LogP contribution is -2.31. The largest absolute Gasteiger partial charge is 0.396 e. The summed E-state index contributed by atoms with van der Waals surface area (Å²) in [7, 11) is 0. The molecular formula is C17H27NO2. The molecule has 2 rings (SSSR count). The minimum atomic E-state index is -0.348. The molecule has 1 aliphatic rings. The topological polar surface area (TPSA) is 43.7 Å². The fourth-order valence-electron chi connectivity index (χ4n) is 3.13. The average Bonchev–Trinajstić information content (AvgIpc) is 2.92. The first-order chi connectivity index (χ1) is 9.81. The highest BCUT2D eigenvalue weighted by molar-refractivity contribution is 5.17. The van der Waals surface area contributed by atoms with Crippen molar-refractivity contribution in [2.75, 3.05) is 19.7 Å². The van der Waals surface area contributed by atoms with Crippen molar-refractivity contribution in [3.8, 4) is 0 Å². The summed E-state index contributed by atoms with van der Waals surface area (Å²) >= 11 is 0. The standard InChI is InChI=1S/C17H27NO2/c19-13-6-2-5-11-18-12-7-10-16(18)14-17(20)15-8-3-1-4-9-15/h1,3-4,8-9,16-17,19-20H,2,5-7,10-14H2. The summed E-state index contributed by atoms with van der Waals surface area (Å²) in [6, 6.07) is 10.5. The van der Waals surface area contributed by atoms with E-state index >= 15 is 0 Å². The summed E-state index contributed by atoms with van der Waals surface area (Å²) in [6.45, 7) is 2.56. The number of rotatable bonds is 8. The molecule has 0 saturated carbocycles. The molecule has 1 aliphatic heterocycles. The average molecular weight is 277 g/mol. The molecule has 0 bridgehead atoms. The lowest BCUT2D eigenvalue weighted by molar-refractivity contribution is 0.119. The van der Waals surface area contributed by atoms with Gasteiger partial charge in [0.2, 0.25) is 0 Å². The summed E-state index contributed by atoms with van der Waals surface area (Å²) < 4.78 is 0. The number of benzene rings is 1. The van der Waals surface area contributed by atoms with Crippen molar-refractivity contribution in [2.45, 2.75) is 50.7 Å². The van der Waals surface area contributed by atoms with Gasteiger partial charge in [-0.25, -0.2) is 0 Å². The summed E-state index contributed by atoms with van der Waals surface area (Å²) in [6.07, 6.45) is 6.09. The Hall–Kier alpha value is -0.900. The predicted octanol–water partition coefficient (Wildman–Crippen LogP) is 2.74. The van der Waals surface area contributed by atoms with E-state index in [0.29, 0.717) is 12.6 Å². The first kappa shape index (κ1) is 15.5. The SMILES string of the molecule is OCCCCCN1CCCC1CC(O)c1ccccc1. The maximum Gasteiger partial charge on any atom is 0.0805 e. The van der Waals surface area contributed by atoms with Gasteiger partial charge in [-0.3, -0.25) is 0 Å². The molecule has 2 N–H and O–H groups in total. The van der Waals surface area contributed by atoms with Gasteiger partial charge in [-0.15, -0.1) is 0 Å². The molecule has 1 aromatic rings. The van der Waals surface area contributed by atoms with E-state index in [-0.39, 0.29) is 6.10 Å². The molecule has 0 radical (unpaired) electrons. The second kappa shape index (κ2) is 8.40. The highest BCUT2D eigenvalue weighted by Crippen LogP contribution is 2.27. The van der Waals surface area contributed by atoms with Crippen LogP contribution >= 0.6 is 0 Å². The van der Waals surface area contributed by atoms with Gasteiger partial charge >= 0.3 is 0 Å². The molecule has 112 valence electrons. The Bertz CT molecular complexity index is 369. The zero-order valence-corrected chi connectivity index (χ0v) is 12.2. The third-order valence-corrected chi connectivity index (χ3v) is 4.28. The van der Waals surface area contributed by atoms with Crippen LogP contribution < -0.4 is 0 Å². The van der Waals surface area contributed by atoms with Gasteiger partial charge in [-0.1, -0.05) is 30.3 Å². The van der Waals surface area contributed by atoms with Crippen LogP contribution in [-0.2, 0) is 0 Å². The first-order valence-electron chi connectivity index (χ1n) is 7.89. The van der Waals surface area contributed by atoms with Gasteiger partial charge in [0.1, 0.15) is 0 Å². The molecule has 3 nitrogen and oxygen atoms in total. The van der Waals surface area contributed by atoms with Crippen LogP contribution in [0.5, 0.6) is 0 Å². The number of nitrogens with zero attached hydrogens (tertiary/aromatic N) is 1. The van der Waals surface area contributed by atoms with E-state index in [1.165, 1.54) is 12.8 Å². The van der Waals surface area contributed by atoms with Crippen LogP contribution in [0.25, 0.3) is 0 Å². The molecule has 1 saturated heterocycles. The molecule has 2 atom stereocenters. The molecule has 3 heteroatoms. The zero-order valence-electron chi connectivity index (χ0n) is 12.2. The van der Waals surface area contributed by atoms with Crippen LogP contribution in [0.1, 0.15) is 50.2 Å². The Labute approximate surface area is 122 Å². The lowest BCUT2D eigenvalue weighted by atomic mass is 10.0. The summed E-state index contributed by atoms with van der Waals surface area (Å²) in [5.41, 5.74) is 1.03. The highest BCUT2D eigenvalue weighted by atomic mass is 16.3. The van der Waals surface area contributed by atoms with Crippen LogP contribution in [0.2, 0.25) is 0 Å². The zero-order chi connectivity index (χ0) is 14.2. The fourth-order valence-corrected chi connectivity index (χ4v) is 3.13. The van der Waals surface area contributed by atoms with Crippen LogP contribution in [-0.4, -0.2) is 40.9 Å². The van der Waals surface area contributed by atoms with Crippen molar-refractivity contribution >= 4 is 0 Å². The summed E-state index contributed by atoms with van der Waals surface area (Å²) in [4.78, 5) is 2.52. The van der Waals surface area contributed by atoms with Gasteiger partial charge in [0.05, 0.1) is 6.10 Å². The van der Waals surface area contributed by atoms with Crippen molar-refractivity contribution < 1.29 is 10.2 Å². The Balaban J connectivity index is 1.78. The second-order valence-corrected chi connectivity index (χ2v) is 5.78. The Kier molecular flexibility index (Phi) is 6.51. The Morgan fingerprint density at radius 1 is 1.15 bits per heavy atom. The number of aliphatic hydroxyl groups is 2. The van der Waals surface area contributed by atoms with Crippen LogP contribution in [0.4, 0.5) is 0 Å². The van der Waals surface area contributed by atoms with E-state index in [1.54, 1.807) is 0 Å².